The maximum Gasteiger partial charge on any atom is 0.171 e. The van der Waals surface area contributed by atoms with Crippen LogP contribution in [0.2, 0.25) is 0 Å². The molecular weight excluding hydrogens is 402 g/mol. The molecule has 0 spiro atoms. The first-order valence-corrected chi connectivity index (χ1v) is 11.4. The van der Waals surface area contributed by atoms with Crippen LogP contribution in [0, 0.1) is 13.8 Å². The number of piperazine rings is 1. The zero-order valence-corrected chi connectivity index (χ0v) is 19.4. The Morgan fingerprint density at radius 2 is 1.74 bits per heavy atom. The lowest BCUT2D eigenvalue weighted by molar-refractivity contribution is 0.270. The molecule has 1 aliphatic heterocycles. The second-order valence-corrected chi connectivity index (χ2v) is 8.65. The lowest BCUT2D eigenvalue weighted by Crippen LogP contribution is -2.46. The van der Waals surface area contributed by atoms with E-state index in [1.165, 1.54) is 16.7 Å². The first-order chi connectivity index (χ1) is 15.0. The van der Waals surface area contributed by atoms with Crippen LogP contribution in [0.1, 0.15) is 23.6 Å². The van der Waals surface area contributed by atoms with Crippen molar-refractivity contribution in [1.82, 2.24) is 15.2 Å². The predicted octanol–water partition coefficient (Wildman–Crippen LogP) is 4.48. The molecule has 4 rings (SSSR count). The van der Waals surface area contributed by atoms with Crippen LogP contribution in [0.5, 0.6) is 0 Å². The molecule has 2 heterocycles. The Morgan fingerprint density at radius 3 is 2.45 bits per heavy atom. The van der Waals surface area contributed by atoms with E-state index in [1.807, 2.05) is 6.07 Å². The quantitative estimate of drug-likeness (QED) is 0.579. The van der Waals surface area contributed by atoms with Gasteiger partial charge in [-0.25, -0.2) is 4.98 Å². The number of hydrogen-bond acceptors (Lipinski definition) is 4. The van der Waals surface area contributed by atoms with E-state index in [0.717, 1.165) is 55.1 Å². The molecule has 3 aromatic rings. The third-order valence-electron chi connectivity index (χ3n) is 5.98. The van der Waals surface area contributed by atoms with Crippen molar-refractivity contribution < 1.29 is 0 Å². The summed E-state index contributed by atoms with van der Waals surface area (Å²) in [6, 6.07) is 16.9. The Hall–Kier alpha value is -2.70. The molecule has 1 aromatic heterocycles. The van der Waals surface area contributed by atoms with E-state index in [-0.39, 0.29) is 0 Å². The van der Waals surface area contributed by atoms with Gasteiger partial charge in [-0.3, -0.25) is 0 Å². The Balaban J connectivity index is 1.42. The van der Waals surface area contributed by atoms with Crippen LogP contribution < -0.4 is 15.5 Å². The Kier molecular flexibility index (Phi) is 6.68. The van der Waals surface area contributed by atoms with E-state index in [0.29, 0.717) is 11.7 Å². The van der Waals surface area contributed by atoms with Crippen molar-refractivity contribution in [1.29, 1.82) is 0 Å². The summed E-state index contributed by atoms with van der Waals surface area (Å²) in [5, 5.41) is 8.37. The molecular formula is C25H31N5S. The van der Waals surface area contributed by atoms with E-state index >= 15 is 0 Å². The summed E-state index contributed by atoms with van der Waals surface area (Å²) in [4.78, 5) is 9.83. The minimum atomic E-state index is 0.621. The van der Waals surface area contributed by atoms with Crippen LogP contribution in [-0.2, 0) is 6.54 Å². The SMILES string of the molecule is CCN1CCN(c2cc(C)c3cc(NC(=S)NCc4ccc(C)cc4)ccc3n2)CC1. The van der Waals surface area contributed by atoms with Gasteiger partial charge in [0.25, 0.3) is 0 Å². The molecule has 2 N–H and O–H groups in total. The molecule has 31 heavy (non-hydrogen) atoms. The summed E-state index contributed by atoms with van der Waals surface area (Å²) in [5.74, 6) is 1.08. The molecule has 0 bridgehead atoms. The van der Waals surface area contributed by atoms with Crippen LogP contribution in [0.4, 0.5) is 11.5 Å². The number of aromatic nitrogens is 1. The average molecular weight is 434 g/mol. The Morgan fingerprint density at radius 1 is 1.00 bits per heavy atom. The van der Waals surface area contributed by atoms with Crippen LogP contribution in [0.25, 0.3) is 10.9 Å². The van der Waals surface area contributed by atoms with Gasteiger partial charge in [-0.1, -0.05) is 36.8 Å². The number of benzene rings is 2. The topological polar surface area (TPSA) is 43.4 Å². The van der Waals surface area contributed by atoms with Crippen molar-refractivity contribution in [2.75, 3.05) is 42.9 Å². The third kappa shape index (κ3) is 5.32. The minimum absolute atomic E-state index is 0.621. The highest BCUT2D eigenvalue weighted by Gasteiger charge is 2.17. The number of fused-ring (bicyclic) bond motifs is 1. The van der Waals surface area contributed by atoms with Crippen molar-refractivity contribution >= 4 is 39.7 Å². The first-order valence-electron chi connectivity index (χ1n) is 11.0. The number of hydrogen-bond donors (Lipinski definition) is 2. The van der Waals surface area contributed by atoms with Crippen LogP contribution in [-0.4, -0.2) is 47.7 Å². The maximum atomic E-state index is 5.49. The molecule has 1 fully saturated rings. The molecule has 0 radical (unpaired) electrons. The standard InChI is InChI=1S/C25H31N5S/c1-4-29-11-13-30(14-12-29)24-15-19(3)22-16-21(9-10-23(22)28-24)27-25(31)26-17-20-7-5-18(2)6-8-20/h5-10,15-16H,4,11-14,17H2,1-3H3,(H2,26,27,31). The number of rotatable bonds is 5. The second-order valence-electron chi connectivity index (χ2n) is 8.24. The summed E-state index contributed by atoms with van der Waals surface area (Å²) in [5.41, 5.74) is 5.71. The number of aryl methyl sites for hydroxylation is 2. The van der Waals surface area contributed by atoms with Gasteiger partial charge in [-0.2, -0.15) is 0 Å². The number of thiocarbonyl (C=S) groups is 1. The largest absolute Gasteiger partial charge is 0.358 e. The van der Waals surface area contributed by atoms with Crippen molar-refractivity contribution in [3.05, 3.63) is 65.2 Å². The number of anilines is 2. The molecule has 0 atom stereocenters. The summed E-state index contributed by atoms with van der Waals surface area (Å²) in [7, 11) is 0. The van der Waals surface area contributed by atoms with Gasteiger partial charge >= 0.3 is 0 Å². The summed E-state index contributed by atoms with van der Waals surface area (Å²) in [6.45, 7) is 12.6. The maximum absolute atomic E-state index is 5.49. The van der Waals surface area contributed by atoms with Gasteiger partial charge in [0.15, 0.2) is 5.11 Å². The van der Waals surface area contributed by atoms with Gasteiger partial charge in [0, 0.05) is 43.8 Å². The summed E-state index contributed by atoms with van der Waals surface area (Å²) < 4.78 is 0. The normalized spacial score (nSPS) is 14.6. The van der Waals surface area contributed by atoms with E-state index in [4.69, 9.17) is 17.2 Å². The van der Waals surface area contributed by atoms with Crippen molar-refractivity contribution in [2.24, 2.45) is 0 Å². The van der Waals surface area contributed by atoms with Gasteiger partial charge in [0.1, 0.15) is 5.82 Å². The molecule has 0 saturated carbocycles. The van der Waals surface area contributed by atoms with Gasteiger partial charge < -0.3 is 20.4 Å². The van der Waals surface area contributed by atoms with Crippen molar-refractivity contribution in [2.45, 2.75) is 27.3 Å². The lowest BCUT2D eigenvalue weighted by atomic mass is 10.1. The van der Waals surface area contributed by atoms with E-state index in [9.17, 15) is 0 Å². The smallest absolute Gasteiger partial charge is 0.171 e. The highest BCUT2D eigenvalue weighted by molar-refractivity contribution is 7.80. The summed E-state index contributed by atoms with van der Waals surface area (Å²) in [6.07, 6.45) is 0. The predicted molar refractivity (Wildman–Crippen MR) is 135 cm³/mol. The molecule has 0 unspecified atom stereocenters. The number of nitrogens with zero attached hydrogens (tertiary/aromatic N) is 3. The number of pyridine rings is 1. The number of nitrogens with one attached hydrogen (secondary N) is 2. The molecule has 0 amide bonds. The second kappa shape index (κ2) is 9.62. The van der Waals surface area contributed by atoms with E-state index in [1.54, 1.807) is 0 Å². The minimum Gasteiger partial charge on any atom is -0.358 e. The lowest BCUT2D eigenvalue weighted by Gasteiger charge is -2.35. The highest BCUT2D eigenvalue weighted by atomic mass is 32.1. The zero-order valence-electron chi connectivity index (χ0n) is 18.6. The van der Waals surface area contributed by atoms with Crippen LogP contribution in [0.3, 0.4) is 0 Å². The molecule has 6 heteroatoms. The fourth-order valence-corrected chi connectivity index (χ4v) is 4.16. The molecule has 5 nitrogen and oxygen atoms in total. The zero-order chi connectivity index (χ0) is 21.8. The Labute approximate surface area is 190 Å². The Bertz CT molecular complexity index is 1060. The molecule has 1 aliphatic rings. The molecule has 1 saturated heterocycles. The first kappa shape index (κ1) is 21.5. The summed E-state index contributed by atoms with van der Waals surface area (Å²) >= 11 is 5.49. The van der Waals surface area contributed by atoms with Crippen molar-refractivity contribution in [3.8, 4) is 0 Å². The van der Waals surface area contributed by atoms with Crippen molar-refractivity contribution in [3.63, 3.8) is 0 Å². The molecule has 162 valence electrons. The number of likely N-dealkylation sites (N-methyl/N-ethyl adjacent to an activating group) is 1. The van der Waals surface area contributed by atoms with E-state index < -0.39 is 0 Å². The van der Waals surface area contributed by atoms with Gasteiger partial charge in [0.2, 0.25) is 0 Å². The fraction of sp³-hybridized carbons (Fsp3) is 0.360. The van der Waals surface area contributed by atoms with Gasteiger partial charge in [-0.05, 0) is 68.0 Å². The van der Waals surface area contributed by atoms with Gasteiger partial charge in [0.05, 0.1) is 5.52 Å². The fourth-order valence-electron chi connectivity index (χ4n) is 3.97. The van der Waals surface area contributed by atoms with Crippen LogP contribution >= 0.6 is 12.2 Å². The third-order valence-corrected chi connectivity index (χ3v) is 6.22. The molecule has 0 aliphatic carbocycles. The van der Waals surface area contributed by atoms with Gasteiger partial charge in [-0.15, -0.1) is 0 Å². The van der Waals surface area contributed by atoms with Crippen LogP contribution in [0.15, 0.2) is 48.5 Å². The monoisotopic (exact) mass is 433 g/mol. The average Bonchev–Trinajstić information content (AvgIpc) is 2.79. The molecule has 2 aromatic carbocycles. The van der Waals surface area contributed by atoms with E-state index in [2.05, 4.69) is 83.7 Å². The highest BCUT2D eigenvalue weighted by Crippen LogP contribution is 2.26.